The van der Waals surface area contributed by atoms with E-state index in [1.54, 1.807) is 6.92 Å². The highest BCUT2D eigenvalue weighted by atomic mass is 35.7. The number of hydrogen-bond donors (Lipinski definition) is 1. The Morgan fingerprint density at radius 2 is 2.08 bits per heavy atom. The van der Waals surface area contributed by atoms with Gasteiger partial charge in [-0.3, -0.25) is 0 Å². The molecule has 7 heteroatoms. The van der Waals surface area contributed by atoms with Gasteiger partial charge < -0.3 is 5.11 Å². The fraction of sp³-hybridized carbons (Fsp3) is 0.167. The Kier molecular flexibility index (Phi) is 3.12. The van der Waals surface area contributed by atoms with E-state index in [-0.39, 0.29) is 5.76 Å². The normalized spacial score (nSPS) is 23.2. The van der Waals surface area contributed by atoms with Crippen molar-refractivity contribution in [1.82, 2.24) is 0 Å². The van der Waals surface area contributed by atoms with Gasteiger partial charge in [0, 0.05) is 10.8 Å². The van der Waals surface area contributed by atoms with Crippen LogP contribution < -0.4 is 14.0 Å². The van der Waals surface area contributed by atoms with Crippen LogP contribution in [0.2, 0.25) is 0 Å². The Hall–Kier alpha value is -0.370. The SMILES string of the molecule is CC1=CS(O[Cl+3]([O-])([O-])[O-])=CC(O)=C1. The van der Waals surface area contributed by atoms with Gasteiger partial charge in [0.15, 0.2) is 0 Å². The van der Waals surface area contributed by atoms with Gasteiger partial charge in [-0.15, -0.1) is 0 Å². The predicted molar refractivity (Wildman–Crippen MR) is 39.2 cm³/mol. The van der Waals surface area contributed by atoms with Gasteiger partial charge in [0.25, 0.3) is 0 Å². The van der Waals surface area contributed by atoms with Gasteiger partial charge in [0.2, 0.25) is 0 Å². The number of aliphatic hydroxyl groups is 1. The lowest BCUT2D eigenvalue weighted by atomic mass is 10.3. The zero-order valence-electron chi connectivity index (χ0n) is 6.60. The third-order valence-electron chi connectivity index (χ3n) is 1.06. The molecule has 0 aromatic rings. The molecule has 5 nitrogen and oxygen atoms in total. The molecule has 1 aliphatic heterocycles. The molecular formula is C6H7ClO5S. The molecule has 1 atom stereocenters. The quantitative estimate of drug-likeness (QED) is 0.563. The lowest BCUT2D eigenvalue weighted by molar-refractivity contribution is -1.91. The highest BCUT2D eigenvalue weighted by molar-refractivity contribution is 8.13. The molecule has 0 saturated carbocycles. The summed E-state index contributed by atoms with van der Waals surface area (Å²) >= 11 is 0. The second-order valence-corrected chi connectivity index (χ2v) is 4.71. The maximum Gasteiger partial charge on any atom is 0.140 e. The molecule has 0 saturated heterocycles. The molecule has 0 radical (unpaired) electrons. The molecule has 0 aromatic heterocycles. The van der Waals surface area contributed by atoms with E-state index in [0.29, 0.717) is 5.57 Å². The Balaban J connectivity index is 2.79. The van der Waals surface area contributed by atoms with E-state index in [9.17, 15) is 14.0 Å². The number of hydrogen-bond acceptors (Lipinski definition) is 5. The van der Waals surface area contributed by atoms with E-state index in [4.69, 9.17) is 5.11 Å². The van der Waals surface area contributed by atoms with Crippen LogP contribution in [0.15, 0.2) is 22.8 Å². The first-order valence-corrected chi connectivity index (χ1v) is 5.64. The molecule has 1 unspecified atom stereocenters. The summed E-state index contributed by atoms with van der Waals surface area (Å²) in [6.45, 7) is 1.65. The van der Waals surface area contributed by atoms with Crippen molar-refractivity contribution in [2.24, 2.45) is 0 Å². The summed E-state index contributed by atoms with van der Waals surface area (Å²) in [5, 5.41) is 11.6. The third kappa shape index (κ3) is 3.90. The van der Waals surface area contributed by atoms with E-state index in [1.807, 2.05) is 0 Å². The molecule has 0 aromatic carbocycles. The van der Waals surface area contributed by atoms with Crippen LogP contribution in [0.4, 0.5) is 0 Å². The van der Waals surface area contributed by atoms with Crippen LogP contribution in [-0.4, -0.2) is 10.5 Å². The molecule has 0 amide bonds. The van der Waals surface area contributed by atoms with Crippen molar-refractivity contribution in [1.29, 1.82) is 0 Å². The van der Waals surface area contributed by atoms with Gasteiger partial charge in [-0.2, -0.15) is 14.0 Å². The Labute approximate surface area is 79.4 Å². The molecule has 0 spiro atoms. The molecule has 13 heavy (non-hydrogen) atoms. The number of rotatable bonds is 2. The first kappa shape index (κ1) is 10.7. The van der Waals surface area contributed by atoms with Crippen molar-refractivity contribution in [3.05, 3.63) is 22.8 Å². The number of allylic oxidation sites excluding steroid dienone is 3. The largest absolute Gasteiger partial charge is 0.507 e. The predicted octanol–water partition coefficient (Wildman–Crippen LogP) is -1.75. The van der Waals surface area contributed by atoms with Gasteiger partial charge in [0.1, 0.15) is 20.3 Å². The molecule has 1 heterocycles. The summed E-state index contributed by atoms with van der Waals surface area (Å²) in [5.74, 6) is -0.109. The summed E-state index contributed by atoms with van der Waals surface area (Å²) < 4.78 is 34.6. The minimum absolute atomic E-state index is 0.109. The Morgan fingerprint density at radius 1 is 1.46 bits per heavy atom. The first-order chi connectivity index (χ1) is 5.87. The van der Waals surface area contributed by atoms with Crippen molar-refractivity contribution in [3.63, 3.8) is 0 Å². The number of halogens is 1. The van der Waals surface area contributed by atoms with Crippen molar-refractivity contribution in [3.8, 4) is 0 Å². The van der Waals surface area contributed by atoms with Crippen molar-refractivity contribution < 1.29 is 33.1 Å². The van der Waals surface area contributed by atoms with E-state index >= 15 is 0 Å². The first-order valence-electron chi connectivity index (χ1n) is 3.13. The van der Waals surface area contributed by atoms with Gasteiger partial charge in [-0.25, -0.2) is 0 Å². The van der Waals surface area contributed by atoms with Crippen molar-refractivity contribution >= 4 is 16.1 Å². The van der Waals surface area contributed by atoms with E-state index in [1.165, 1.54) is 11.5 Å². The summed E-state index contributed by atoms with van der Waals surface area (Å²) in [6.07, 6.45) is 1.43. The maximum absolute atomic E-state index is 10.2. The monoisotopic (exact) mass is 226 g/mol. The zero-order chi connectivity index (χ0) is 10.1. The standard InChI is InChI=1S/C6H7ClO5S/c1-5-2-6(8)4-13(3-5)12-7(9,10)11/h2-4,8H,1H3. The second kappa shape index (κ2) is 3.79. The maximum atomic E-state index is 10.2. The van der Waals surface area contributed by atoms with Crippen molar-refractivity contribution in [2.75, 3.05) is 0 Å². The molecule has 74 valence electrons. The van der Waals surface area contributed by atoms with Crippen LogP contribution in [0.1, 0.15) is 6.92 Å². The van der Waals surface area contributed by atoms with Crippen LogP contribution in [0.25, 0.3) is 0 Å². The van der Waals surface area contributed by atoms with E-state index in [2.05, 4.69) is 3.74 Å². The van der Waals surface area contributed by atoms with Crippen LogP contribution >= 0.6 is 10.8 Å². The summed E-state index contributed by atoms with van der Waals surface area (Å²) in [7, 11) is -5.75. The third-order valence-corrected chi connectivity index (χ3v) is 3.34. The Bertz CT molecular complexity index is 298. The zero-order valence-corrected chi connectivity index (χ0v) is 8.17. The van der Waals surface area contributed by atoms with Gasteiger partial charge in [0.05, 0.1) is 10.2 Å². The van der Waals surface area contributed by atoms with Gasteiger partial charge in [-0.1, -0.05) is 0 Å². The molecule has 1 rings (SSSR count). The molecule has 0 aliphatic carbocycles. The Morgan fingerprint density at radius 3 is 2.54 bits per heavy atom. The topological polar surface area (TPSA) is 98.6 Å². The summed E-state index contributed by atoms with van der Waals surface area (Å²) in [5.41, 5.74) is 0.641. The minimum atomic E-state index is -4.46. The lowest BCUT2D eigenvalue weighted by Gasteiger charge is -2.13. The molecule has 1 N–H and O–H groups in total. The average Bonchev–Trinajstić information content (AvgIpc) is 1.78. The average molecular weight is 227 g/mol. The van der Waals surface area contributed by atoms with Crippen LogP contribution in [0.5, 0.6) is 0 Å². The smallest absolute Gasteiger partial charge is 0.140 e. The van der Waals surface area contributed by atoms with Gasteiger partial charge in [-0.05, 0) is 18.6 Å². The molecule has 0 bridgehead atoms. The van der Waals surface area contributed by atoms with E-state index < -0.39 is 21.0 Å². The molecule has 0 fully saturated rings. The van der Waals surface area contributed by atoms with Gasteiger partial charge >= 0.3 is 0 Å². The fourth-order valence-corrected chi connectivity index (χ4v) is 2.58. The summed E-state index contributed by atoms with van der Waals surface area (Å²) in [6, 6.07) is 0. The molecular weight excluding hydrogens is 220 g/mol. The van der Waals surface area contributed by atoms with E-state index in [0.717, 1.165) is 5.37 Å². The lowest BCUT2D eigenvalue weighted by Crippen LogP contribution is -2.60. The second-order valence-electron chi connectivity index (χ2n) is 2.32. The highest BCUT2D eigenvalue weighted by Gasteiger charge is 2.22. The van der Waals surface area contributed by atoms with Crippen LogP contribution in [-0.2, 0) is 3.74 Å². The minimum Gasteiger partial charge on any atom is -0.507 e. The van der Waals surface area contributed by atoms with Crippen molar-refractivity contribution in [2.45, 2.75) is 6.92 Å². The van der Waals surface area contributed by atoms with Crippen LogP contribution in [0, 0.1) is 10.2 Å². The number of aliphatic hydroxyl groups excluding tert-OH is 1. The fourth-order valence-electron chi connectivity index (χ4n) is 0.763. The summed E-state index contributed by atoms with van der Waals surface area (Å²) in [4.78, 5) is 0. The molecule has 1 aliphatic rings. The van der Waals surface area contributed by atoms with Crippen LogP contribution in [0.3, 0.4) is 0 Å². The highest BCUT2D eigenvalue weighted by Crippen LogP contribution is 2.26.